The Morgan fingerprint density at radius 3 is 2.18 bits per heavy atom. The van der Waals surface area contributed by atoms with E-state index in [0.717, 1.165) is 12.0 Å². The van der Waals surface area contributed by atoms with Crippen LogP contribution in [0.3, 0.4) is 0 Å². The van der Waals surface area contributed by atoms with Gasteiger partial charge in [0.1, 0.15) is 6.04 Å². The zero-order valence-electron chi connectivity index (χ0n) is 13.2. The molecule has 120 valence electrons. The fourth-order valence-corrected chi connectivity index (χ4v) is 3.81. The quantitative estimate of drug-likeness (QED) is 0.829. The van der Waals surface area contributed by atoms with Gasteiger partial charge < -0.3 is 0 Å². The Hall–Kier alpha value is -1.42. The van der Waals surface area contributed by atoms with E-state index in [2.05, 4.69) is 30.0 Å². The minimum Gasteiger partial charge on any atom is -0.282 e. The molecular formula is C16H23N3O2S. The second-order valence-electron chi connectivity index (χ2n) is 5.46. The van der Waals surface area contributed by atoms with Crippen molar-refractivity contribution in [1.29, 1.82) is 5.26 Å². The number of rotatable bonds is 5. The fraction of sp³-hybridized carbons (Fsp3) is 0.562. The summed E-state index contributed by atoms with van der Waals surface area (Å²) in [6.07, 6.45) is 0.977. The van der Waals surface area contributed by atoms with Gasteiger partial charge in [0.05, 0.1) is 11.8 Å². The van der Waals surface area contributed by atoms with E-state index in [4.69, 9.17) is 0 Å². The molecule has 0 saturated carbocycles. The first-order valence-corrected chi connectivity index (χ1v) is 9.33. The minimum atomic E-state index is -3.13. The summed E-state index contributed by atoms with van der Waals surface area (Å²) in [7, 11) is -3.13. The van der Waals surface area contributed by atoms with Gasteiger partial charge in [-0.3, -0.25) is 4.90 Å². The summed E-state index contributed by atoms with van der Waals surface area (Å²) < 4.78 is 25.3. The Labute approximate surface area is 133 Å². The molecule has 1 aromatic rings. The van der Waals surface area contributed by atoms with Crippen molar-refractivity contribution in [3.63, 3.8) is 0 Å². The molecule has 22 heavy (non-hydrogen) atoms. The second kappa shape index (κ2) is 7.23. The van der Waals surface area contributed by atoms with Crippen molar-refractivity contribution in [1.82, 2.24) is 9.21 Å². The molecule has 1 aliphatic rings. The van der Waals surface area contributed by atoms with Gasteiger partial charge in [0.2, 0.25) is 10.0 Å². The van der Waals surface area contributed by atoms with Crippen LogP contribution in [0, 0.1) is 11.3 Å². The number of sulfonamides is 1. The molecule has 0 aliphatic carbocycles. The Morgan fingerprint density at radius 1 is 1.14 bits per heavy atom. The van der Waals surface area contributed by atoms with Crippen LogP contribution < -0.4 is 0 Å². The molecule has 1 aromatic carbocycles. The topological polar surface area (TPSA) is 64.4 Å². The first kappa shape index (κ1) is 16.9. The van der Waals surface area contributed by atoms with Crippen molar-refractivity contribution in [3.05, 3.63) is 35.4 Å². The zero-order chi connectivity index (χ0) is 16.2. The number of nitriles is 1. The Balaban J connectivity index is 2.06. The molecule has 0 amide bonds. The molecule has 2 rings (SSSR count). The highest BCUT2D eigenvalue weighted by Crippen LogP contribution is 2.23. The highest BCUT2D eigenvalue weighted by molar-refractivity contribution is 7.89. The van der Waals surface area contributed by atoms with Gasteiger partial charge in [-0.05, 0) is 24.5 Å². The van der Waals surface area contributed by atoms with E-state index in [9.17, 15) is 13.7 Å². The smallest absolute Gasteiger partial charge is 0.213 e. The van der Waals surface area contributed by atoms with Crippen molar-refractivity contribution < 1.29 is 8.42 Å². The zero-order valence-corrected chi connectivity index (χ0v) is 14.0. The van der Waals surface area contributed by atoms with Gasteiger partial charge in [-0.25, -0.2) is 8.42 Å². The van der Waals surface area contributed by atoms with Crippen molar-refractivity contribution in [2.75, 3.05) is 31.9 Å². The maximum Gasteiger partial charge on any atom is 0.213 e. The summed E-state index contributed by atoms with van der Waals surface area (Å²) >= 11 is 0. The highest BCUT2D eigenvalue weighted by Gasteiger charge is 2.29. The molecule has 1 heterocycles. The second-order valence-corrected chi connectivity index (χ2v) is 7.72. The molecular weight excluding hydrogens is 298 g/mol. The molecule has 6 heteroatoms. The van der Waals surface area contributed by atoms with Gasteiger partial charge in [0, 0.05) is 26.2 Å². The molecule has 0 radical (unpaired) electrons. The van der Waals surface area contributed by atoms with Gasteiger partial charge in [-0.1, -0.05) is 31.2 Å². The largest absolute Gasteiger partial charge is 0.282 e. The van der Waals surface area contributed by atoms with E-state index in [-0.39, 0.29) is 11.8 Å². The lowest BCUT2D eigenvalue weighted by molar-refractivity contribution is 0.162. The highest BCUT2D eigenvalue weighted by atomic mass is 32.2. The number of nitrogens with zero attached hydrogens (tertiary/aromatic N) is 3. The van der Waals surface area contributed by atoms with Gasteiger partial charge in [0.15, 0.2) is 0 Å². The van der Waals surface area contributed by atoms with Gasteiger partial charge >= 0.3 is 0 Å². The van der Waals surface area contributed by atoms with Crippen molar-refractivity contribution in [2.24, 2.45) is 0 Å². The molecule has 5 nitrogen and oxygen atoms in total. The van der Waals surface area contributed by atoms with E-state index in [1.165, 1.54) is 9.87 Å². The maximum absolute atomic E-state index is 11.9. The van der Waals surface area contributed by atoms with Gasteiger partial charge in [0.25, 0.3) is 0 Å². The van der Waals surface area contributed by atoms with Crippen LogP contribution in [0.4, 0.5) is 0 Å². The lowest BCUT2D eigenvalue weighted by atomic mass is 10.0. The molecule has 0 aromatic heterocycles. The molecule has 1 saturated heterocycles. The van der Waals surface area contributed by atoms with Crippen molar-refractivity contribution in [3.8, 4) is 6.07 Å². The molecule has 1 atom stereocenters. The number of piperazine rings is 1. The summed E-state index contributed by atoms with van der Waals surface area (Å²) in [6, 6.07) is 10.2. The molecule has 0 spiro atoms. The van der Waals surface area contributed by atoms with Crippen LogP contribution in [-0.2, 0) is 16.4 Å². The average molecular weight is 321 g/mol. The Bertz CT molecular complexity index is 626. The summed E-state index contributed by atoms with van der Waals surface area (Å²) in [5.41, 5.74) is 2.23. The van der Waals surface area contributed by atoms with Crippen molar-refractivity contribution in [2.45, 2.75) is 26.3 Å². The van der Waals surface area contributed by atoms with Crippen LogP contribution in [0.25, 0.3) is 0 Å². The van der Waals surface area contributed by atoms with Crippen LogP contribution in [0.2, 0.25) is 0 Å². The third kappa shape index (κ3) is 3.67. The summed E-state index contributed by atoms with van der Waals surface area (Å²) in [6.45, 7) is 5.86. The Morgan fingerprint density at radius 2 is 1.73 bits per heavy atom. The monoisotopic (exact) mass is 321 g/mol. The van der Waals surface area contributed by atoms with Crippen LogP contribution in [-0.4, -0.2) is 49.6 Å². The van der Waals surface area contributed by atoms with E-state index >= 15 is 0 Å². The fourth-order valence-electron chi connectivity index (χ4n) is 2.73. The molecule has 1 fully saturated rings. The lowest BCUT2D eigenvalue weighted by Crippen LogP contribution is -2.49. The molecule has 1 unspecified atom stereocenters. The summed E-state index contributed by atoms with van der Waals surface area (Å²) in [5.74, 6) is 0.132. The molecule has 0 N–H and O–H groups in total. The number of aryl methyl sites for hydroxylation is 1. The van der Waals surface area contributed by atoms with Crippen LogP contribution in [0.15, 0.2) is 24.3 Å². The van der Waals surface area contributed by atoms with Crippen LogP contribution in [0.1, 0.15) is 31.0 Å². The number of benzene rings is 1. The average Bonchev–Trinajstić information content (AvgIpc) is 2.56. The van der Waals surface area contributed by atoms with Crippen molar-refractivity contribution >= 4 is 10.0 Å². The van der Waals surface area contributed by atoms with E-state index in [1.54, 1.807) is 6.92 Å². The predicted molar refractivity (Wildman–Crippen MR) is 86.8 cm³/mol. The van der Waals surface area contributed by atoms with Crippen LogP contribution >= 0.6 is 0 Å². The predicted octanol–water partition coefficient (Wildman–Crippen LogP) is 1.78. The van der Waals surface area contributed by atoms with Gasteiger partial charge in [-0.2, -0.15) is 9.57 Å². The Kier molecular flexibility index (Phi) is 5.57. The van der Waals surface area contributed by atoms with E-state index in [0.29, 0.717) is 26.2 Å². The van der Waals surface area contributed by atoms with Crippen LogP contribution in [0.5, 0.6) is 0 Å². The normalized spacial score (nSPS) is 18.8. The maximum atomic E-state index is 11.9. The third-order valence-electron chi connectivity index (χ3n) is 4.22. The SMILES string of the molecule is CCc1ccc(C(C#N)N2CCN(S(=O)(=O)CC)CC2)cc1. The van der Waals surface area contributed by atoms with Gasteiger partial charge in [-0.15, -0.1) is 0 Å². The molecule has 1 aliphatic heterocycles. The lowest BCUT2D eigenvalue weighted by Gasteiger charge is -2.36. The minimum absolute atomic E-state index is 0.132. The number of hydrogen-bond donors (Lipinski definition) is 0. The summed E-state index contributed by atoms with van der Waals surface area (Å²) in [5, 5.41) is 9.51. The summed E-state index contributed by atoms with van der Waals surface area (Å²) in [4.78, 5) is 2.06. The first-order valence-electron chi connectivity index (χ1n) is 7.72. The molecule has 0 bridgehead atoms. The van der Waals surface area contributed by atoms with E-state index in [1.807, 2.05) is 12.1 Å². The van der Waals surface area contributed by atoms with E-state index < -0.39 is 10.0 Å². The first-order chi connectivity index (χ1) is 10.5. The number of hydrogen-bond acceptors (Lipinski definition) is 4. The third-order valence-corrected chi connectivity index (χ3v) is 6.10. The standard InChI is InChI=1S/C16H23N3O2S/c1-3-14-5-7-15(8-6-14)16(13-17)18-9-11-19(12-10-18)22(20,21)4-2/h5-8,16H,3-4,9-12H2,1-2H3.